The van der Waals surface area contributed by atoms with Crippen LogP contribution in [0.2, 0.25) is 0 Å². The molecule has 4 rings (SSSR count). The third-order valence-corrected chi connectivity index (χ3v) is 4.93. The van der Waals surface area contributed by atoms with Crippen molar-refractivity contribution in [2.75, 3.05) is 13.2 Å². The highest BCUT2D eigenvalue weighted by atomic mass is 16.5. The van der Waals surface area contributed by atoms with E-state index in [0.717, 1.165) is 22.9 Å². The van der Waals surface area contributed by atoms with Gasteiger partial charge in [0.2, 0.25) is 0 Å². The van der Waals surface area contributed by atoms with Crippen LogP contribution in [-0.4, -0.2) is 29.9 Å². The number of hydrogen-bond acceptors (Lipinski definition) is 4. The zero-order valence-electron chi connectivity index (χ0n) is 16.5. The second kappa shape index (κ2) is 9.07. The molecule has 0 saturated heterocycles. The standard InChI is InChI=1S/C24H25NO4/c1-2-28-24(26)22-15-19-11-6-7-13-21(19)25(22)23-14-8-12-20(29-23)17-27-16-18-9-4-3-5-10-18/h3-11,13-15,20,23H,2,12,16-17H2,1H3/t20-,23+/m0/s1. The van der Waals surface area contributed by atoms with Crippen LogP contribution >= 0.6 is 0 Å². The smallest absolute Gasteiger partial charge is 0.355 e. The molecule has 150 valence electrons. The van der Waals surface area contributed by atoms with E-state index >= 15 is 0 Å². The van der Waals surface area contributed by atoms with Gasteiger partial charge in [0.1, 0.15) is 5.69 Å². The number of ether oxygens (including phenoxy) is 3. The summed E-state index contributed by atoms with van der Waals surface area (Å²) in [5.74, 6) is -0.344. The molecule has 5 heteroatoms. The van der Waals surface area contributed by atoms with E-state index in [2.05, 4.69) is 6.08 Å². The van der Waals surface area contributed by atoms with Crippen LogP contribution < -0.4 is 0 Å². The average Bonchev–Trinajstić information content (AvgIpc) is 3.15. The van der Waals surface area contributed by atoms with Crippen molar-refractivity contribution in [1.82, 2.24) is 4.57 Å². The van der Waals surface area contributed by atoms with E-state index in [9.17, 15) is 4.79 Å². The van der Waals surface area contributed by atoms with Crippen LogP contribution in [0.15, 0.2) is 72.8 Å². The van der Waals surface area contributed by atoms with Crippen molar-refractivity contribution in [3.8, 4) is 0 Å². The number of hydrogen-bond donors (Lipinski definition) is 0. The molecule has 0 fully saturated rings. The van der Waals surface area contributed by atoms with Crippen LogP contribution in [0.4, 0.5) is 0 Å². The number of carbonyl (C=O) groups excluding carboxylic acids is 1. The van der Waals surface area contributed by atoms with Gasteiger partial charge in [-0.15, -0.1) is 0 Å². The van der Waals surface area contributed by atoms with Crippen LogP contribution in [0.1, 0.15) is 35.6 Å². The molecule has 0 bridgehead atoms. The summed E-state index contributed by atoms with van der Waals surface area (Å²) in [5, 5.41) is 0.981. The number of fused-ring (bicyclic) bond motifs is 1. The molecule has 0 unspecified atom stereocenters. The second-order valence-corrected chi connectivity index (χ2v) is 6.99. The van der Waals surface area contributed by atoms with Crippen LogP contribution in [0.5, 0.6) is 0 Å². The van der Waals surface area contributed by atoms with Gasteiger partial charge in [-0.05, 0) is 37.1 Å². The predicted octanol–water partition coefficient (Wildman–Crippen LogP) is 4.88. The highest BCUT2D eigenvalue weighted by Crippen LogP contribution is 2.30. The van der Waals surface area contributed by atoms with Gasteiger partial charge in [-0.1, -0.05) is 54.6 Å². The Kier molecular flexibility index (Phi) is 6.08. The largest absolute Gasteiger partial charge is 0.461 e. The Bertz CT molecular complexity index is 993. The number of aromatic nitrogens is 1. The Labute approximate surface area is 170 Å². The summed E-state index contributed by atoms with van der Waals surface area (Å²) in [6.45, 7) is 3.18. The molecule has 5 nitrogen and oxygen atoms in total. The predicted molar refractivity (Wildman–Crippen MR) is 112 cm³/mol. The summed E-state index contributed by atoms with van der Waals surface area (Å²) in [5.41, 5.74) is 2.57. The third kappa shape index (κ3) is 4.42. The molecule has 1 aromatic heterocycles. The lowest BCUT2D eigenvalue weighted by atomic mass is 10.2. The van der Waals surface area contributed by atoms with Gasteiger partial charge < -0.3 is 18.8 Å². The molecule has 2 aromatic carbocycles. The maximum Gasteiger partial charge on any atom is 0.355 e. The van der Waals surface area contributed by atoms with E-state index in [-0.39, 0.29) is 18.3 Å². The van der Waals surface area contributed by atoms with Gasteiger partial charge in [-0.2, -0.15) is 0 Å². The number of nitrogens with zero attached hydrogens (tertiary/aromatic N) is 1. The van der Waals surface area contributed by atoms with Gasteiger partial charge in [0.05, 0.1) is 31.4 Å². The molecular weight excluding hydrogens is 366 g/mol. The van der Waals surface area contributed by atoms with E-state index in [4.69, 9.17) is 14.2 Å². The zero-order chi connectivity index (χ0) is 20.1. The summed E-state index contributed by atoms with van der Waals surface area (Å²) in [7, 11) is 0. The van der Waals surface area contributed by atoms with E-state index < -0.39 is 0 Å². The maximum atomic E-state index is 12.5. The highest BCUT2D eigenvalue weighted by Gasteiger charge is 2.26. The fraction of sp³-hybridized carbons (Fsp3) is 0.292. The van der Waals surface area contributed by atoms with E-state index in [1.54, 1.807) is 0 Å². The van der Waals surface area contributed by atoms with Crippen molar-refractivity contribution in [1.29, 1.82) is 0 Å². The van der Waals surface area contributed by atoms with Crippen molar-refractivity contribution in [3.05, 3.63) is 84.1 Å². The SMILES string of the molecule is CCOC(=O)c1cc2ccccc2n1[C@H]1C=CC[C@@H](COCc2ccccc2)O1. The normalized spacial score (nSPS) is 18.8. The van der Waals surface area contributed by atoms with E-state index in [0.29, 0.717) is 25.5 Å². The Morgan fingerprint density at radius 3 is 2.76 bits per heavy atom. The molecule has 2 atom stereocenters. The van der Waals surface area contributed by atoms with Crippen LogP contribution in [0.3, 0.4) is 0 Å². The lowest BCUT2D eigenvalue weighted by Crippen LogP contribution is -2.28. The Hall–Kier alpha value is -2.89. The minimum Gasteiger partial charge on any atom is -0.461 e. The quantitative estimate of drug-likeness (QED) is 0.426. The fourth-order valence-corrected chi connectivity index (χ4v) is 3.59. The van der Waals surface area contributed by atoms with Gasteiger partial charge in [-0.25, -0.2) is 4.79 Å². The molecule has 0 saturated carbocycles. The summed E-state index contributed by atoms with van der Waals surface area (Å²) in [4.78, 5) is 12.5. The first-order valence-electron chi connectivity index (χ1n) is 9.97. The maximum absolute atomic E-state index is 12.5. The number of rotatable bonds is 7. The number of esters is 1. The summed E-state index contributed by atoms with van der Waals surface area (Å²) in [6.07, 6.45) is 4.40. The number of benzene rings is 2. The Morgan fingerprint density at radius 1 is 1.14 bits per heavy atom. The van der Waals surface area contributed by atoms with Gasteiger partial charge in [0.25, 0.3) is 0 Å². The first-order valence-corrected chi connectivity index (χ1v) is 9.97. The summed E-state index contributed by atoms with van der Waals surface area (Å²) < 4.78 is 19.3. The average molecular weight is 391 g/mol. The lowest BCUT2D eigenvalue weighted by Gasteiger charge is -2.28. The Balaban J connectivity index is 1.51. The molecule has 0 N–H and O–H groups in total. The zero-order valence-corrected chi connectivity index (χ0v) is 16.5. The van der Waals surface area contributed by atoms with Crippen molar-refractivity contribution in [2.45, 2.75) is 32.3 Å². The van der Waals surface area contributed by atoms with Crippen molar-refractivity contribution < 1.29 is 19.0 Å². The molecular formula is C24H25NO4. The molecule has 3 aromatic rings. The number of para-hydroxylation sites is 1. The topological polar surface area (TPSA) is 49.7 Å². The molecule has 0 radical (unpaired) electrons. The van der Waals surface area contributed by atoms with Crippen LogP contribution in [0.25, 0.3) is 10.9 Å². The first-order chi connectivity index (χ1) is 14.3. The fourth-order valence-electron chi connectivity index (χ4n) is 3.59. The van der Waals surface area contributed by atoms with Gasteiger partial charge in [0.15, 0.2) is 6.23 Å². The Morgan fingerprint density at radius 2 is 1.93 bits per heavy atom. The molecule has 0 amide bonds. The van der Waals surface area contributed by atoms with Crippen LogP contribution in [0, 0.1) is 0 Å². The highest BCUT2D eigenvalue weighted by molar-refractivity contribution is 5.95. The first kappa shape index (κ1) is 19.4. The molecule has 1 aliphatic rings. The second-order valence-electron chi connectivity index (χ2n) is 6.99. The van der Waals surface area contributed by atoms with Gasteiger partial charge in [-0.3, -0.25) is 0 Å². The van der Waals surface area contributed by atoms with E-state index in [1.807, 2.05) is 78.2 Å². The van der Waals surface area contributed by atoms with Crippen molar-refractivity contribution >= 4 is 16.9 Å². The van der Waals surface area contributed by atoms with Crippen molar-refractivity contribution in [3.63, 3.8) is 0 Å². The minimum absolute atomic E-state index is 0.0788. The van der Waals surface area contributed by atoms with Gasteiger partial charge >= 0.3 is 5.97 Å². The summed E-state index contributed by atoms with van der Waals surface area (Å²) >= 11 is 0. The van der Waals surface area contributed by atoms with Crippen LogP contribution in [-0.2, 0) is 20.8 Å². The van der Waals surface area contributed by atoms with Crippen molar-refractivity contribution in [2.24, 2.45) is 0 Å². The molecule has 0 aliphatic carbocycles. The lowest BCUT2D eigenvalue weighted by molar-refractivity contribution is -0.0742. The minimum atomic E-state index is -0.381. The molecule has 29 heavy (non-hydrogen) atoms. The van der Waals surface area contributed by atoms with E-state index in [1.165, 1.54) is 0 Å². The third-order valence-electron chi connectivity index (χ3n) is 4.93. The number of carbonyl (C=O) groups is 1. The van der Waals surface area contributed by atoms with Gasteiger partial charge in [0, 0.05) is 5.39 Å². The monoisotopic (exact) mass is 391 g/mol. The molecule has 1 aliphatic heterocycles. The summed E-state index contributed by atoms with van der Waals surface area (Å²) in [6, 6.07) is 19.8. The molecule has 0 spiro atoms. The molecule has 2 heterocycles.